The van der Waals surface area contributed by atoms with Crippen molar-refractivity contribution in [2.24, 2.45) is 0 Å². The monoisotopic (exact) mass is 411 g/mol. The number of hydroxylamine groups is 1. The van der Waals surface area contributed by atoms with E-state index in [1.165, 1.54) is 12.1 Å². The average molecular weight is 412 g/mol. The number of rotatable bonds is 6. The molecular weight excluding hydrogens is 389 g/mol. The normalized spacial score (nSPS) is 33.2. The molecule has 1 aromatic carbocycles. The van der Waals surface area contributed by atoms with Crippen molar-refractivity contribution in [3.63, 3.8) is 0 Å². The van der Waals surface area contributed by atoms with Crippen LogP contribution in [0.15, 0.2) is 18.2 Å². The first-order valence-electron chi connectivity index (χ1n) is 9.40. The predicted molar refractivity (Wildman–Crippen MR) is 99.2 cm³/mol. The van der Waals surface area contributed by atoms with E-state index in [1.54, 1.807) is 0 Å². The Bertz CT molecular complexity index is 799. The summed E-state index contributed by atoms with van der Waals surface area (Å²) in [7, 11) is 0. The first-order valence-corrected chi connectivity index (χ1v) is 9.78. The van der Waals surface area contributed by atoms with Gasteiger partial charge in [0.15, 0.2) is 12.7 Å². The molecule has 3 aliphatic carbocycles. The average Bonchev–Trinajstić information content (AvgIpc) is 3.29. The van der Waals surface area contributed by atoms with E-state index in [0.717, 1.165) is 18.9 Å². The minimum atomic E-state index is -0.593. The summed E-state index contributed by atoms with van der Waals surface area (Å²) in [5.41, 5.74) is 2.24. The lowest BCUT2D eigenvalue weighted by Gasteiger charge is -2.48. The maximum atomic E-state index is 13.4. The fourth-order valence-corrected chi connectivity index (χ4v) is 4.66. The molecule has 2 atom stereocenters. The van der Waals surface area contributed by atoms with Gasteiger partial charge in [-0.2, -0.15) is 5.48 Å². The second-order valence-electron chi connectivity index (χ2n) is 8.18. The summed E-state index contributed by atoms with van der Waals surface area (Å²) in [5, 5.41) is 6.13. The van der Waals surface area contributed by atoms with E-state index in [9.17, 15) is 14.0 Å². The number of carbonyl (C=O) groups is 2. The zero-order valence-electron chi connectivity index (χ0n) is 15.5. The third kappa shape index (κ3) is 3.81. The molecule has 1 heterocycles. The maximum Gasteiger partial charge on any atom is 0.258 e. The quantitative estimate of drug-likeness (QED) is 0.664. The molecule has 2 unspecified atom stereocenters. The van der Waals surface area contributed by atoms with Gasteiger partial charge in [-0.3, -0.25) is 14.4 Å². The maximum absolute atomic E-state index is 13.4. The standard InChI is InChI=1S/C19H23ClFN3O4/c1-11-6-15(28-24-11)17(26)23-19-5-4-18(9-19,10-19)22-16(25)8-27-12-2-3-13(20)14(21)7-12/h2-3,7,11,15,24H,4-6,8-10H2,1H3,(H,22,25)(H,23,26). The number of fused-ring (bicyclic) bond motifs is 1. The van der Waals surface area contributed by atoms with Gasteiger partial charge >= 0.3 is 0 Å². The van der Waals surface area contributed by atoms with Gasteiger partial charge in [0.2, 0.25) is 0 Å². The molecule has 1 saturated heterocycles. The first-order chi connectivity index (χ1) is 13.3. The molecule has 1 aromatic rings. The number of hydrogen-bond donors (Lipinski definition) is 3. The van der Waals surface area contributed by atoms with E-state index in [-0.39, 0.29) is 46.3 Å². The van der Waals surface area contributed by atoms with E-state index in [1.807, 2.05) is 6.92 Å². The molecule has 0 spiro atoms. The van der Waals surface area contributed by atoms with E-state index in [4.69, 9.17) is 21.2 Å². The SMILES string of the molecule is CC1CC(C(=O)NC23CCC(NC(=O)COc4ccc(Cl)c(F)c4)(C2)C3)ON1. The lowest BCUT2D eigenvalue weighted by Crippen LogP contribution is -2.65. The highest BCUT2D eigenvalue weighted by Gasteiger charge is 2.62. The number of carbonyl (C=O) groups excluding carboxylic acids is 2. The van der Waals surface area contributed by atoms with Gasteiger partial charge in [-0.05, 0) is 44.7 Å². The first kappa shape index (κ1) is 19.4. The van der Waals surface area contributed by atoms with Crippen LogP contribution in [0.5, 0.6) is 5.75 Å². The fourth-order valence-electron chi connectivity index (χ4n) is 4.54. The highest BCUT2D eigenvalue weighted by Crippen LogP contribution is 2.55. The second kappa shape index (κ2) is 7.17. The molecule has 3 saturated carbocycles. The smallest absolute Gasteiger partial charge is 0.258 e. The van der Waals surface area contributed by atoms with Gasteiger partial charge in [0.05, 0.1) is 5.02 Å². The summed E-state index contributed by atoms with van der Waals surface area (Å²) in [5.74, 6) is -0.721. The van der Waals surface area contributed by atoms with Crippen LogP contribution in [0.2, 0.25) is 5.02 Å². The number of halogens is 2. The minimum Gasteiger partial charge on any atom is -0.484 e. The fraction of sp³-hybridized carbons (Fsp3) is 0.579. The molecule has 1 aliphatic heterocycles. The Morgan fingerprint density at radius 2 is 2.04 bits per heavy atom. The van der Waals surface area contributed by atoms with Crippen LogP contribution in [0.3, 0.4) is 0 Å². The third-order valence-corrected chi connectivity index (χ3v) is 6.07. The summed E-state index contributed by atoms with van der Waals surface area (Å²) in [6, 6.07) is 4.20. The van der Waals surface area contributed by atoms with Gasteiger partial charge < -0.3 is 15.4 Å². The molecule has 3 N–H and O–H groups in total. The van der Waals surface area contributed by atoms with Crippen molar-refractivity contribution >= 4 is 23.4 Å². The number of nitrogens with one attached hydrogen (secondary N) is 3. The van der Waals surface area contributed by atoms with Gasteiger partial charge in [-0.15, -0.1) is 0 Å². The van der Waals surface area contributed by atoms with Crippen LogP contribution >= 0.6 is 11.6 Å². The molecule has 2 amide bonds. The topological polar surface area (TPSA) is 88.7 Å². The largest absolute Gasteiger partial charge is 0.484 e. The number of ether oxygens (including phenoxy) is 1. The van der Waals surface area contributed by atoms with Gasteiger partial charge in [-0.1, -0.05) is 11.6 Å². The summed E-state index contributed by atoms with van der Waals surface area (Å²) in [6.45, 7) is 1.76. The number of benzene rings is 1. The molecule has 7 nitrogen and oxygen atoms in total. The number of amides is 2. The molecule has 28 heavy (non-hydrogen) atoms. The molecule has 9 heteroatoms. The van der Waals surface area contributed by atoms with E-state index in [2.05, 4.69) is 16.1 Å². The van der Waals surface area contributed by atoms with Crippen LogP contribution in [0.25, 0.3) is 0 Å². The van der Waals surface area contributed by atoms with Crippen LogP contribution in [0.4, 0.5) is 4.39 Å². The van der Waals surface area contributed by atoms with Crippen LogP contribution in [0, 0.1) is 5.82 Å². The molecule has 4 aliphatic rings. The van der Waals surface area contributed by atoms with Gasteiger partial charge in [-0.25, -0.2) is 4.39 Å². The van der Waals surface area contributed by atoms with Gasteiger partial charge in [0.1, 0.15) is 11.6 Å². The molecule has 152 valence electrons. The highest BCUT2D eigenvalue weighted by atomic mass is 35.5. The second-order valence-corrected chi connectivity index (χ2v) is 8.58. The Labute approximate surface area is 167 Å². The zero-order valence-corrected chi connectivity index (χ0v) is 16.3. The van der Waals surface area contributed by atoms with Crippen LogP contribution in [-0.2, 0) is 14.4 Å². The Kier molecular flexibility index (Phi) is 4.97. The van der Waals surface area contributed by atoms with Gasteiger partial charge in [0, 0.05) is 29.6 Å². The molecular formula is C19H23ClFN3O4. The van der Waals surface area contributed by atoms with E-state index in [0.29, 0.717) is 19.3 Å². The minimum absolute atomic E-state index is 0.00254. The molecule has 0 radical (unpaired) electrons. The highest BCUT2D eigenvalue weighted by molar-refractivity contribution is 6.30. The van der Waals surface area contributed by atoms with Crippen molar-refractivity contribution in [3.8, 4) is 5.75 Å². The zero-order chi connectivity index (χ0) is 19.9. The molecule has 2 bridgehead atoms. The number of hydrogen-bond acceptors (Lipinski definition) is 5. The Hall–Kier alpha value is -1.90. The van der Waals surface area contributed by atoms with E-state index >= 15 is 0 Å². The molecule has 4 fully saturated rings. The van der Waals surface area contributed by atoms with Crippen molar-refractivity contribution in [2.45, 2.75) is 62.3 Å². The predicted octanol–water partition coefficient (Wildman–Crippen LogP) is 1.84. The van der Waals surface area contributed by atoms with Crippen molar-refractivity contribution in [1.29, 1.82) is 0 Å². The third-order valence-electron chi connectivity index (χ3n) is 5.76. The van der Waals surface area contributed by atoms with Gasteiger partial charge in [0.25, 0.3) is 11.8 Å². The molecule has 0 aromatic heterocycles. The van der Waals surface area contributed by atoms with Crippen molar-refractivity contribution in [1.82, 2.24) is 16.1 Å². The van der Waals surface area contributed by atoms with Crippen molar-refractivity contribution in [2.75, 3.05) is 6.61 Å². The van der Waals surface area contributed by atoms with Crippen LogP contribution in [0.1, 0.15) is 39.0 Å². The van der Waals surface area contributed by atoms with Crippen LogP contribution in [-0.4, -0.2) is 41.6 Å². The summed E-state index contributed by atoms with van der Waals surface area (Å²) >= 11 is 5.63. The molecule has 5 rings (SSSR count). The Morgan fingerprint density at radius 1 is 1.32 bits per heavy atom. The summed E-state index contributed by atoms with van der Waals surface area (Å²) in [4.78, 5) is 29.9. The Morgan fingerprint density at radius 3 is 2.68 bits per heavy atom. The lowest BCUT2D eigenvalue weighted by molar-refractivity contribution is -0.136. The lowest BCUT2D eigenvalue weighted by atomic mass is 9.71. The summed E-state index contributed by atoms with van der Waals surface area (Å²) in [6.07, 6.45) is 3.19. The van der Waals surface area contributed by atoms with E-state index < -0.39 is 11.9 Å². The summed E-state index contributed by atoms with van der Waals surface area (Å²) < 4.78 is 18.8. The van der Waals surface area contributed by atoms with Crippen molar-refractivity contribution in [3.05, 3.63) is 29.0 Å². The van der Waals surface area contributed by atoms with Crippen LogP contribution < -0.4 is 20.9 Å². The Balaban J connectivity index is 1.25. The van der Waals surface area contributed by atoms with Crippen molar-refractivity contribution < 1.29 is 23.6 Å².